The van der Waals surface area contributed by atoms with Crippen LogP contribution in [0.4, 0.5) is 10.1 Å². The summed E-state index contributed by atoms with van der Waals surface area (Å²) < 4.78 is 14.0. The molecule has 0 unspecified atom stereocenters. The van der Waals surface area contributed by atoms with Gasteiger partial charge in [-0.25, -0.2) is 4.39 Å². The second kappa shape index (κ2) is 4.92. The number of ketones is 1. The number of anilines is 1. The molecule has 0 atom stereocenters. The lowest BCUT2D eigenvalue weighted by molar-refractivity contribution is -0.112. The molecule has 0 saturated heterocycles. The topological polar surface area (TPSA) is 46.2 Å². The van der Waals surface area contributed by atoms with Gasteiger partial charge in [-0.2, -0.15) is 0 Å². The van der Waals surface area contributed by atoms with Gasteiger partial charge in [0.25, 0.3) is 11.7 Å². The highest BCUT2D eigenvalue weighted by Crippen LogP contribution is 2.35. The van der Waals surface area contributed by atoms with Crippen molar-refractivity contribution in [2.75, 3.05) is 5.32 Å². The summed E-state index contributed by atoms with van der Waals surface area (Å²) in [4.78, 5) is 23.8. The van der Waals surface area contributed by atoms with E-state index in [1.807, 2.05) is 0 Å². The highest BCUT2D eigenvalue weighted by atomic mass is 35.5. The molecule has 1 heterocycles. The lowest BCUT2D eigenvalue weighted by Crippen LogP contribution is -2.12. The molecule has 2 aromatic carbocycles. The molecule has 1 N–H and O–H groups in total. The zero-order chi connectivity index (χ0) is 14.3. The van der Waals surface area contributed by atoms with Gasteiger partial charge < -0.3 is 5.32 Å². The number of nitrogens with one attached hydrogen (secondary N) is 1. The van der Waals surface area contributed by atoms with Crippen LogP contribution in [0.5, 0.6) is 0 Å². The van der Waals surface area contributed by atoms with Crippen molar-refractivity contribution in [2.45, 2.75) is 9.79 Å². The Morgan fingerprint density at radius 2 is 1.80 bits per heavy atom. The van der Waals surface area contributed by atoms with E-state index in [1.165, 1.54) is 17.8 Å². The summed E-state index contributed by atoms with van der Waals surface area (Å²) in [7, 11) is 0. The number of rotatable bonds is 2. The molecule has 3 rings (SSSR count). The number of carbonyl (C=O) groups is 2. The molecule has 100 valence electrons. The van der Waals surface area contributed by atoms with Crippen molar-refractivity contribution in [1.82, 2.24) is 0 Å². The van der Waals surface area contributed by atoms with Gasteiger partial charge in [0.2, 0.25) is 0 Å². The highest BCUT2D eigenvalue weighted by Gasteiger charge is 2.29. The fourth-order valence-corrected chi connectivity index (χ4v) is 2.84. The fraction of sp³-hybridized carbons (Fsp3) is 0. The van der Waals surface area contributed by atoms with E-state index >= 15 is 0 Å². The molecular weight excluding hydrogens is 301 g/mol. The molecule has 1 amide bonds. The Morgan fingerprint density at radius 3 is 2.50 bits per heavy atom. The normalized spacial score (nSPS) is 13.3. The molecule has 20 heavy (non-hydrogen) atoms. The third kappa shape index (κ3) is 2.30. The van der Waals surface area contributed by atoms with E-state index in [0.717, 1.165) is 11.0 Å². The second-order valence-corrected chi connectivity index (χ2v) is 5.72. The summed E-state index contributed by atoms with van der Waals surface area (Å²) in [6.07, 6.45) is 0. The number of fused-ring (bicyclic) bond motifs is 1. The molecule has 0 fully saturated rings. The Morgan fingerprint density at radius 1 is 1.10 bits per heavy atom. The molecular formula is C14H7ClFNO2S. The van der Waals surface area contributed by atoms with E-state index in [1.54, 1.807) is 24.3 Å². The van der Waals surface area contributed by atoms with E-state index in [2.05, 4.69) is 5.32 Å². The van der Waals surface area contributed by atoms with Gasteiger partial charge in [-0.1, -0.05) is 23.4 Å². The molecule has 1 aliphatic heterocycles. The zero-order valence-corrected chi connectivity index (χ0v) is 11.5. The predicted octanol–water partition coefficient (Wildman–Crippen LogP) is 3.77. The molecule has 3 nitrogen and oxygen atoms in total. The highest BCUT2D eigenvalue weighted by molar-refractivity contribution is 7.99. The summed E-state index contributed by atoms with van der Waals surface area (Å²) in [5.41, 5.74) is 0.422. The van der Waals surface area contributed by atoms with Gasteiger partial charge in [0.15, 0.2) is 0 Å². The van der Waals surface area contributed by atoms with E-state index < -0.39 is 17.5 Å². The van der Waals surface area contributed by atoms with Crippen LogP contribution in [-0.2, 0) is 4.79 Å². The van der Waals surface area contributed by atoms with Crippen LogP contribution >= 0.6 is 23.4 Å². The summed E-state index contributed by atoms with van der Waals surface area (Å²) in [5.74, 6) is -1.97. The average molecular weight is 308 g/mol. The summed E-state index contributed by atoms with van der Waals surface area (Å²) in [6.45, 7) is 0. The van der Waals surface area contributed by atoms with Crippen LogP contribution in [0.2, 0.25) is 5.02 Å². The number of amides is 1. The van der Waals surface area contributed by atoms with Crippen molar-refractivity contribution in [3.05, 3.63) is 52.8 Å². The molecule has 0 radical (unpaired) electrons. The van der Waals surface area contributed by atoms with E-state index in [0.29, 0.717) is 15.6 Å². The average Bonchev–Trinajstić information content (AvgIpc) is 2.69. The van der Waals surface area contributed by atoms with Crippen LogP contribution < -0.4 is 5.32 Å². The zero-order valence-electron chi connectivity index (χ0n) is 9.94. The third-order valence-corrected chi connectivity index (χ3v) is 4.11. The standard InChI is InChI=1S/C14H7ClFNO2S/c15-7-1-3-8(4-2-7)20-12-6-11-9(5-10(12)16)13(18)14(19)17-11/h1-6H,(H,17,18,19). The summed E-state index contributed by atoms with van der Waals surface area (Å²) >= 11 is 6.98. The van der Waals surface area contributed by atoms with Gasteiger partial charge in [-0.3, -0.25) is 9.59 Å². The van der Waals surface area contributed by atoms with Gasteiger partial charge >= 0.3 is 0 Å². The number of benzene rings is 2. The van der Waals surface area contributed by atoms with E-state index in [9.17, 15) is 14.0 Å². The van der Waals surface area contributed by atoms with Gasteiger partial charge in [0.05, 0.1) is 16.1 Å². The van der Waals surface area contributed by atoms with E-state index in [-0.39, 0.29) is 5.56 Å². The van der Waals surface area contributed by atoms with Crippen molar-refractivity contribution in [3.63, 3.8) is 0 Å². The lowest BCUT2D eigenvalue weighted by atomic mass is 10.1. The first kappa shape index (κ1) is 13.1. The van der Waals surface area contributed by atoms with Gasteiger partial charge in [-0.05, 0) is 36.4 Å². The molecule has 0 bridgehead atoms. The maximum Gasteiger partial charge on any atom is 0.296 e. The first-order valence-electron chi connectivity index (χ1n) is 5.67. The van der Waals surface area contributed by atoms with Gasteiger partial charge in [0, 0.05) is 9.92 Å². The Hall–Kier alpha value is -1.85. The molecule has 2 aromatic rings. The van der Waals surface area contributed by atoms with Crippen LogP contribution in [0.25, 0.3) is 0 Å². The minimum atomic E-state index is -0.729. The molecule has 1 aliphatic rings. The largest absolute Gasteiger partial charge is 0.318 e. The Balaban J connectivity index is 1.96. The van der Waals surface area contributed by atoms with Crippen molar-refractivity contribution in [1.29, 1.82) is 0 Å². The molecule has 0 spiro atoms. The fourth-order valence-electron chi connectivity index (χ4n) is 1.85. The van der Waals surface area contributed by atoms with Crippen LogP contribution in [0.1, 0.15) is 10.4 Å². The lowest BCUT2D eigenvalue weighted by Gasteiger charge is -2.06. The van der Waals surface area contributed by atoms with Gasteiger partial charge in [0.1, 0.15) is 5.82 Å². The number of carbonyl (C=O) groups excluding carboxylic acids is 2. The third-order valence-electron chi connectivity index (χ3n) is 2.81. The maximum absolute atomic E-state index is 14.0. The second-order valence-electron chi connectivity index (χ2n) is 4.17. The van der Waals surface area contributed by atoms with Crippen LogP contribution in [0.15, 0.2) is 46.2 Å². The minimum absolute atomic E-state index is 0.0768. The number of hydrogen-bond acceptors (Lipinski definition) is 3. The van der Waals surface area contributed by atoms with Crippen molar-refractivity contribution < 1.29 is 14.0 Å². The van der Waals surface area contributed by atoms with Crippen LogP contribution in [-0.4, -0.2) is 11.7 Å². The Labute approximate surface area is 123 Å². The van der Waals surface area contributed by atoms with Crippen LogP contribution in [0.3, 0.4) is 0 Å². The monoisotopic (exact) mass is 307 g/mol. The molecule has 6 heteroatoms. The summed E-state index contributed by atoms with van der Waals surface area (Å²) in [6, 6.07) is 9.51. The smallest absolute Gasteiger partial charge is 0.296 e. The number of Topliss-reactive ketones (excluding diaryl/α,β-unsaturated/α-hetero) is 1. The Bertz CT molecular complexity index is 731. The van der Waals surface area contributed by atoms with Crippen molar-refractivity contribution in [3.8, 4) is 0 Å². The number of halogens is 2. The molecule has 0 saturated carbocycles. The minimum Gasteiger partial charge on any atom is -0.318 e. The number of hydrogen-bond donors (Lipinski definition) is 1. The SMILES string of the molecule is O=C1Nc2cc(Sc3ccc(Cl)cc3)c(F)cc2C1=O. The van der Waals surface area contributed by atoms with Gasteiger partial charge in [-0.15, -0.1) is 0 Å². The maximum atomic E-state index is 14.0. The quantitative estimate of drug-likeness (QED) is 0.859. The first-order valence-corrected chi connectivity index (χ1v) is 6.86. The van der Waals surface area contributed by atoms with Crippen molar-refractivity contribution >= 4 is 40.7 Å². The van der Waals surface area contributed by atoms with E-state index in [4.69, 9.17) is 11.6 Å². The van der Waals surface area contributed by atoms with Crippen LogP contribution in [0, 0.1) is 5.82 Å². The van der Waals surface area contributed by atoms with Crippen molar-refractivity contribution in [2.24, 2.45) is 0 Å². The molecule has 0 aliphatic carbocycles. The Kier molecular flexibility index (Phi) is 3.23. The first-order chi connectivity index (χ1) is 9.54. The summed E-state index contributed by atoms with van der Waals surface area (Å²) in [5, 5.41) is 3.02. The molecule has 0 aromatic heterocycles. The predicted molar refractivity (Wildman–Crippen MR) is 74.9 cm³/mol.